The normalized spacial score (nSPS) is 12.5. The standard InChI is InChI=1S/C15H11Cl6N3O2/c1-25-9-5-3-8(7-10(9)26-2)4-6-11-22-12(14(16,17)18)24-13(23-11)15(19,20)21/h3-7H,1-2H3/b6-4+. The average Bonchev–Trinajstić information content (AvgIpc) is 2.57. The number of hydrogen-bond acceptors (Lipinski definition) is 5. The van der Waals surface area contributed by atoms with Crippen molar-refractivity contribution >= 4 is 81.8 Å². The highest BCUT2D eigenvalue weighted by Gasteiger charge is 2.33. The Morgan fingerprint density at radius 2 is 1.31 bits per heavy atom. The number of methoxy groups -OCH3 is 2. The van der Waals surface area contributed by atoms with Crippen LogP contribution in [0, 0.1) is 0 Å². The van der Waals surface area contributed by atoms with Crippen molar-refractivity contribution in [2.75, 3.05) is 14.2 Å². The molecule has 1 aromatic carbocycles. The third-order valence-corrected chi connectivity index (χ3v) is 4.01. The van der Waals surface area contributed by atoms with Crippen molar-refractivity contribution in [3.63, 3.8) is 0 Å². The molecule has 0 aliphatic carbocycles. The molecule has 2 aromatic rings. The van der Waals surface area contributed by atoms with Gasteiger partial charge in [0.15, 0.2) is 29.0 Å². The fourth-order valence-corrected chi connectivity index (χ4v) is 2.35. The van der Waals surface area contributed by atoms with Gasteiger partial charge < -0.3 is 9.47 Å². The van der Waals surface area contributed by atoms with Gasteiger partial charge in [-0.15, -0.1) is 0 Å². The fraction of sp³-hybridized carbons (Fsp3) is 0.267. The molecular formula is C15H11Cl6N3O2. The number of alkyl halides is 6. The molecule has 0 bridgehead atoms. The van der Waals surface area contributed by atoms with Crippen molar-refractivity contribution in [1.82, 2.24) is 15.0 Å². The highest BCUT2D eigenvalue weighted by Crippen LogP contribution is 2.40. The molecule has 0 aliphatic rings. The quantitative estimate of drug-likeness (QED) is 0.528. The summed E-state index contributed by atoms with van der Waals surface area (Å²) >= 11 is 35.0. The summed E-state index contributed by atoms with van der Waals surface area (Å²) in [5.41, 5.74) is 0.786. The van der Waals surface area contributed by atoms with E-state index >= 15 is 0 Å². The minimum Gasteiger partial charge on any atom is -0.493 e. The number of halogens is 6. The van der Waals surface area contributed by atoms with E-state index in [4.69, 9.17) is 79.1 Å². The van der Waals surface area contributed by atoms with Gasteiger partial charge in [-0.25, -0.2) is 15.0 Å². The van der Waals surface area contributed by atoms with E-state index < -0.39 is 7.59 Å². The van der Waals surface area contributed by atoms with Gasteiger partial charge in [-0.1, -0.05) is 81.7 Å². The summed E-state index contributed by atoms with van der Waals surface area (Å²) in [6, 6.07) is 5.33. The van der Waals surface area contributed by atoms with E-state index in [9.17, 15) is 0 Å². The van der Waals surface area contributed by atoms with Crippen molar-refractivity contribution in [3.05, 3.63) is 41.2 Å². The number of ether oxygens (including phenoxy) is 2. The first-order chi connectivity index (χ1) is 12.0. The van der Waals surface area contributed by atoms with Crippen LogP contribution in [-0.2, 0) is 7.59 Å². The molecule has 0 aliphatic heterocycles. The molecule has 0 radical (unpaired) electrons. The predicted octanol–water partition coefficient (Wildman–Crippen LogP) is 5.71. The molecule has 0 spiro atoms. The van der Waals surface area contributed by atoms with Gasteiger partial charge >= 0.3 is 0 Å². The van der Waals surface area contributed by atoms with Crippen LogP contribution in [0.4, 0.5) is 0 Å². The second-order valence-electron chi connectivity index (χ2n) is 4.78. The molecule has 1 aromatic heterocycles. The fourth-order valence-electron chi connectivity index (χ4n) is 1.85. The Morgan fingerprint density at radius 3 is 1.77 bits per heavy atom. The molecule has 26 heavy (non-hydrogen) atoms. The monoisotopic (exact) mass is 475 g/mol. The van der Waals surface area contributed by atoms with Crippen LogP contribution >= 0.6 is 69.6 Å². The maximum atomic E-state index is 5.84. The van der Waals surface area contributed by atoms with Crippen LogP contribution in [0.2, 0.25) is 0 Å². The molecule has 0 saturated carbocycles. The predicted molar refractivity (Wildman–Crippen MR) is 107 cm³/mol. The van der Waals surface area contributed by atoms with Crippen molar-refractivity contribution in [3.8, 4) is 11.5 Å². The summed E-state index contributed by atoms with van der Waals surface area (Å²) in [4.78, 5) is 12.0. The van der Waals surface area contributed by atoms with Gasteiger partial charge in [0.2, 0.25) is 7.59 Å². The van der Waals surface area contributed by atoms with Crippen LogP contribution in [-0.4, -0.2) is 29.2 Å². The van der Waals surface area contributed by atoms with E-state index in [0.29, 0.717) is 11.5 Å². The lowest BCUT2D eigenvalue weighted by molar-refractivity contribution is 0.355. The van der Waals surface area contributed by atoms with E-state index in [1.807, 2.05) is 6.07 Å². The average molecular weight is 478 g/mol. The van der Waals surface area contributed by atoms with Crippen LogP contribution in [0.1, 0.15) is 23.0 Å². The maximum absolute atomic E-state index is 5.84. The molecule has 0 amide bonds. The summed E-state index contributed by atoms with van der Waals surface area (Å²) in [5, 5.41) is 0. The Labute approximate surface area is 180 Å². The van der Waals surface area contributed by atoms with Crippen molar-refractivity contribution in [2.45, 2.75) is 7.59 Å². The zero-order valence-corrected chi connectivity index (χ0v) is 17.8. The Hall–Kier alpha value is -0.690. The van der Waals surface area contributed by atoms with Crippen molar-refractivity contribution in [2.24, 2.45) is 0 Å². The molecule has 0 atom stereocenters. The molecule has 1 heterocycles. The lowest BCUT2D eigenvalue weighted by Crippen LogP contribution is -2.16. The Morgan fingerprint density at radius 1 is 0.769 bits per heavy atom. The molecule has 0 fully saturated rings. The smallest absolute Gasteiger partial charge is 0.250 e. The molecule has 0 unspecified atom stereocenters. The second-order valence-corrected chi connectivity index (χ2v) is 9.35. The minimum absolute atomic E-state index is 0.150. The van der Waals surface area contributed by atoms with Gasteiger partial charge in [-0.05, 0) is 23.8 Å². The number of hydrogen-bond donors (Lipinski definition) is 0. The lowest BCUT2D eigenvalue weighted by atomic mass is 10.2. The Balaban J connectivity index is 2.44. The molecular weight excluding hydrogens is 467 g/mol. The maximum Gasteiger partial charge on any atom is 0.250 e. The first-order valence-corrected chi connectivity index (χ1v) is 9.12. The van der Waals surface area contributed by atoms with E-state index in [2.05, 4.69) is 15.0 Å². The second kappa shape index (κ2) is 8.55. The third kappa shape index (κ3) is 5.65. The van der Waals surface area contributed by atoms with Crippen LogP contribution in [0.15, 0.2) is 18.2 Å². The van der Waals surface area contributed by atoms with Gasteiger partial charge in [0.1, 0.15) is 0 Å². The summed E-state index contributed by atoms with van der Waals surface area (Å²) in [5.74, 6) is 0.991. The largest absolute Gasteiger partial charge is 0.493 e. The van der Waals surface area contributed by atoms with E-state index in [1.165, 1.54) is 7.11 Å². The molecule has 11 heteroatoms. The highest BCUT2D eigenvalue weighted by atomic mass is 35.6. The number of nitrogens with zero attached hydrogens (tertiary/aromatic N) is 3. The van der Waals surface area contributed by atoms with Crippen molar-refractivity contribution in [1.29, 1.82) is 0 Å². The topological polar surface area (TPSA) is 57.1 Å². The van der Waals surface area contributed by atoms with Gasteiger partial charge in [0, 0.05) is 0 Å². The van der Waals surface area contributed by atoms with Crippen molar-refractivity contribution < 1.29 is 9.47 Å². The summed E-state index contributed by atoms with van der Waals surface area (Å²) in [7, 11) is 3.09. The van der Waals surface area contributed by atoms with Gasteiger partial charge in [-0.2, -0.15) is 0 Å². The van der Waals surface area contributed by atoms with Crippen LogP contribution < -0.4 is 9.47 Å². The van der Waals surface area contributed by atoms with Crippen LogP contribution in [0.5, 0.6) is 11.5 Å². The minimum atomic E-state index is -1.90. The van der Waals surface area contributed by atoms with Crippen LogP contribution in [0.3, 0.4) is 0 Å². The molecule has 0 N–H and O–H groups in total. The first kappa shape index (κ1) is 21.6. The van der Waals surface area contributed by atoms with Gasteiger partial charge in [0.05, 0.1) is 14.2 Å². The first-order valence-electron chi connectivity index (χ1n) is 6.85. The van der Waals surface area contributed by atoms with Crippen LogP contribution in [0.25, 0.3) is 12.2 Å². The van der Waals surface area contributed by atoms with E-state index in [1.54, 1.807) is 31.4 Å². The van der Waals surface area contributed by atoms with E-state index in [-0.39, 0.29) is 17.5 Å². The SMILES string of the molecule is COc1ccc(/C=C/c2nc(C(Cl)(Cl)Cl)nc(C(Cl)(Cl)Cl)n2)cc1OC. The summed E-state index contributed by atoms with van der Waals surface area (Å²) in [6.07, 6.45) is 3.27. The number of benzene rings is 1. The molecule has 140 valence electrons. The lowest BCUT2D eigenvalue weighted by Gasteiger charge is -2.14. The van der Waals surface area contributed by atoms with E-state index in [0.717, 1.165) is 5.56 Å². The highest BCUT2D eigenvalue weighted by molar-refractivity contribution is 6.67. The number of rotatable bonds is 4. The zero-order valence-electron chi connectivity index (χ0n) is 13.3. The van der Waals surface area contributed by atoms with Gasteiger partial charge in [0.25, 0.3) is 0 Å². The third-order valence-electron chi connectivity index (χ3n) is 2.99. The summed E-state index contributed by atoms with van der Waals surface area (Å²) < 4.78 is 6.64. The summed E-state index contributed by atoms with van der Waals surface area (Å²) in [6.45, 7) is 0. The Bertz CT molecular complexity index is 786. The zero-order chi connectivity index (χ0) is 19.5. The Kier molecular flexibility index (Phi) is 7.10. The molecule has 2 rings (SSSR count). The number of aromatic nitrogens is 3. The molecule has 0 saturated heterocycles. The van der Waals surface area contributed by atoms with Gasteiger partial charge in [-0.3, -0.25) is 0 Å². The molecule has 5 nitrogen and oxygen atoms in total.